The minimum atomic E-state index is -3.47. The first-order chi connectivity index (χ1) is 7.94. The zero-order chi connectivity index (χ0) is 13.1. The molecule has 2 atom stereocenters. The number of aryl methyl sites for hydroxylation is 1. The highest BCUT2D eigenvalue weighted by molar-refractivity contribution is 7.92. The fourth-order valence-corrected chi connectivity index (χ4v) is 2.94. The van der Waals surface area contributed by atoms with E-state index in [-0.39, 0.29) is 5.75 Å². The van der Waals surface area contributed by atoms with Gasteiger partial charge in [-0.15, -0.1) is 0 Å². The van der Waals surface area contributed by atoms with E-state index in [4.69, 9.17) is 0 Å². The average molecular weight is 258 g/mol. The van der Waals surface area contributed by atoms with E-state index < -0.39 is 27.8 Å². The molecule has 1 rings (SSSR count). The van der Waals surface area contributed by atoms with Crippen molar-refractivity contribution in [2.24, 2.45) is 0 Å². The quantitative estimate of drug-likeness (QED) is 0.820. The highest BCUT2D eigenvalue weighted by Crippen LogP contribution is 2.25. The molecule has 0 aromatic heterocycles. The summed E-state index contributed by atoms with van der Waals surface area (Å²) in [5.41, 5.74) is 1.35. The molecule has 0 radical (unpaired) electrons. The summed E-state index contributed by atoms with van der Waals surface area (Å²) >= 11 is 0. The average Bonchev–Trinajstić information content (AvgIpc) is 2.30. The molecular formula is C12H18O4S. The van der Waals surface area contributed by atoms with Crippen molar-refractivity contribution in [2.75, 3.05) is 12.4 Å². The van der Waals surface area contributed by atoms with Crippen LogP contribution < -0.4 is 0 Å². The van der Waals surface area contributed by atoms with Gasteiger partial charge in [-0.3, -0.25) is 0 Å². The summed E-state index contributed by atoms with van der Waals surface area (Å²) in [5, 5.41) is 18.1. The lowest BCUT2D eigenvalue weighted by Crippen LogP contribution is -2.33. The van der Waals surface area contributed by atoms with Crippen molar-refractivity contribution < 1.29 is 18.6 Å². The maximum atomic E-state index is 11.7. The first-order valence-corrected chi connectivity index (χ1v) is 7.21. The van der Waals surface area contributed by atoms with Crippen molar-refractivity contribution in [3.05, 3.63) is 35.4 Å². The maximum Gasteiger partial charge on any atom is 0.158 e. The van der Waals surface area contributed by atoms with Crippen LogP contribution in [0, 0.1) is 6.92 Å². The van der Waals surface area contributed by atoms with Crippen LogP contribution in [0.3, 0.4) is 0 Å². The molecule has 5 heteroatoms. The first kappa shape index (κ1) is 14.2. The third-order valence-corrected chi connectivity index (χ3v) is 5.04. The highest BCUT2D eigenvalue weighted by atomic mass is 32.2. The van der Waals surface area contributed by atoms with Crippen LogP contribution >= 0.6 is 0 Å². The second kappa shape index (κ2) is 5.62. The maximum absolute atomic E-state index is 11.7. The van der Waals surface area contributed by atoms with Gasteiger partial charge >= 0.3 is 0 Å². The van der Waals surface area contributed by atoms with Crippen LogP contribution in [-0.4, -0.2) is 36.2 Å². The topological polar surface area (TPSA) is 74.6 Å². The molecule has 0 unspecified atom stereocenters. The van der Waals surface area contributed by atoms with Gasteiger partial charge in [0.05, 0.1) is 12.7 Å². The highest BCUT2D eigenvalue weighted by Gasteiger charge is 2.32. The lowest BCUT2D eigenvalue weighted by molar-refractivity contribution is 0.137. The van der Waals surface area contributed by atoms with Crippen molar-refractivity contribution in [1.29, 1.82) is 0 Å². The SMILES string of the molecule is CCS(=O)(=O)[C@H](CO)[C@H](O)c1ccccc1C. The van der Waals surface area contributed by atoms with Gasteiger partial charge in [0, 0.05) is 5.75 Å². The molecule has 0 saturated carbocycles. The monoisotopic (exact) mass is 258 g/mol. The van der Waals surface area contributed by atoms with Gasteiger partial charge in [0.15, 0.2) is 9.84 Å². The van der Waals surface area contributed by atoms with Crippen LogP contribution in [0.5, 0.6) is 0 Å². The molecule has 4 nitrogen and oxygen atoms in total. The first-order valence-electron chi connectivity index (χ1n) is 5.50. The molecule has 17 heavy (non-hydrogen) atoms. The Labute approximate surface area is 102 Å². The van der Waals surface area contributed by atoms with Crippen LogP contribution in [0.1, 0.15) is 24.2 Å². The Kier molecular flexibility index (Phi) is 4.68. The molecule has 1 aromatic carbocycles. The molecule has 0 aliphatic carbocycles. The van der Waals surface area contributed by atoms with Crippen molar-refractivity contribution in [3.8, 4) is 0 Å². The van der Waals surface area contributed by atoms with Gasteiger partial charge in [-0.05, 0) is 18.1 Å². The molecule has 0 amide bonds. The van der Waals surface area contributed by atoms with E-state index in [0.29, 0.717) is 5.56 Å². The summed E-state index contributed by atoms with van der Waals surface area (Å²) in [4.78, 5) is 0. The van der Waals surface area contributed by atoms with Gasteiger partial charge in [0.25, 0.3) is 0 Å². The van der Waals surface area contributed by atoms with Crippen LogP contribution in [0.4, 0.5) is 0 Å². The third-order valence-electron chi connectivity index (χ3n) is 2.90. The Balaban J connectivity index is 3.11. The van der Waals surface area contributed by atoms with Gasteiger partial charge in [0.2, 0.25) is 0 Å². The standard InChI is InChI=1S/C12H18O4S/c1-3-17(15,16)11(8-13)12(14)10-7-5-4-6-9(10)2/h4-7,11-14H,3,8H2,1-2H3/t11-,12-/m1/s1. The largest absolute Gasteiger partial charge is 0.395 e. The second-order valence-electron chi connectivity index (χ2n) is 3.97. The fourth-order valence-electron chi connectivity index (χ4n) is 1.74. The number of rotatable bonds is 5. The summed E-state index contributed by atoms with van der Waals surface area (Å²) in [6.07, 6.45) is -1.19. The summed E-state index contributed by atoms with van der Waals surface area (Å²) < 4.78 is 23.5. The Bertz CT molecular complexity index is 467. The number of hydrogen-bond donors (Lipinski definition) is 2. The molecule has 0 aliphatic rings. The van der Waals surface area contributed by atoms with Crippen molar-refractivity contribution in [3.63, 3.8) is 0 Å². The van der Waals surface area contributed by atoms with E-state index in [2.05, 4.69) is 0 Å². The molecule has 0 aliphatic heterocycles. The van der Waals surface area contributed by atoms with E-state index in [9.17, 15) is 18.6 Å². The minimum Gasteiger partial charge on any atom is -0.395 e. The molecule has 0 spiro atoms. The Morgan fingerprint density at radius 2 is 1.88 bits per heavy atom. The van der Waals surface area contributed by atoms with E-state index in [1.54, 1.807) is 25.1 Å². The van der Waals surface area contributed by atoms with E-state index >= 15 is 0 Å². The van der Waals surface area contributed by atoms with Gasteiger partial charge in [-0.1, -0.05) is 31.2 Å². The second-order valence-corrected chi connectivity index (χ2v) is 6.48. The molecular weight excluding hydrogens is 240 g/mol. The normalized spacial score (nSPS) is 15.5. The molecule has 1 aromatic rings. The van der Waals surface area contributed by atoms with Crippen LogP contribution in [-0.2, 0) is 9.84 Å². The molecule has 0 fully saturated rings. The van der Waals surface area contributed by atoms with Crippen molar-refractivity contribution in [2.45, 2.75) is 25.2 Å². The van der Waals surface area contributed by atoms with Crippen LogP contribution in [0.2, 0.25) is 0 Å². The van der Waals surface area contributed by atoms with Crippen LogP contribution in [0.25, 0.3) is 0 Å². The van der Waals surface area contributed by atoms with Crippen LogP contribution in [0.15, 0.2) is 24.3 Å². The molecule has 2 N–H and O–H groups in total. The molecule has 96 valence electrons. The lowest BCUT2D eigenvalue weighted by Gasteiger charge is -2.22. The van der Waals surface area contributed by atoms with Crippen molar-refractivity contribution >= 4 is 9.84 Å². The number of aliphatic hydroxyl groups is 2. The zero-order valence-electron chi connectivity index (χ0n) is 10.00. The third kappa shape index (κ3) is 3.06. The Morgan fingerprint density at radius 1 is 1.29 bits per heavy atom. The predicted octanol–water partition coefficient (Wildman–Crippen LogP) is 0.824. The summed E-state index contributed by atoms with van der Waals surface area (Å²) in [6, 6.07) is 7.02. The predicted molar refractivity (Wildman–Crippen MR) is 66.5 cm³/mol. The summed E-state index contributed by atoms with van der Waals surface area (Å²) in [5.74, 6) is -0.0961. The number of hydrogen-bond acceptors (Lipinski definition) is 4. The number of sulfone groups is 1. The minimum absolute atomic E-state index is 0.0961. The van der Waals surface area contributed by atoms with Gasteiger partial charge in [0.1, 0.15) is 5.25 Å². The van der Waals surface area contributed by atoms with Gasteiger partial charge in [-0.25, -0.2) is 8.42 Å². The summed E-state index contributed by atoms with van der Waals surface area (Å²) in [6.45, 7) is 2.72. The van der Waals surface area contributed by atoms with E-state index in [0.717, 1.165) is 5.56 Å². The van der Waals surface area contributed by atoms with Gasteiger partial charge < -0.3 is 10.2 Å². The molecule has 0 bridgehead atoms. The van der Waals surface area contributed by atoms with Crippen molar-refractivity contribution in [1.82, 2.24) is 0 Å². The lowest BCUT2D eigenvalue weighted by atomic mass is 10.0. The molecule has 0 saturated heterocycles. The summed E-state index contributed by atoms with van der Waals surface area (Å²) in [7, 11) is -3.47. The molecule has 0 heterocycles. The number of aliphatic hydroxyl groups excluding tert-OH is 2. The Hall–Kier alpha value is -0.910. The van der Waals surface area contributed by atoms with Gasteiger partial charge in [-0.2, -0.15) is 0 Å². The Morgan fingerprint density at radius 3 is 2.35 bits per heavy atom. The fraction of sp³-hybridized carbons (Fsp3) is 0.500. The smallest absolute Gasteiger partial charge is 0.158 e. The number of benzene rings is 1. The van der Waals surface area contributed by atoms with E-state index in [1.165, 1.54) is 6.92 Å². The van der Waals surface area contributed by atoms with E-state index in [1.807, 2.05) is 6.07 Å². The zero-order valence-corrected chi connectivity index (χ0v) is 10.8.